The number of H-pyrrole nitrogens is 1. The topological polar surface area (TPSA) is 148 Å². The fourth-order valence-electron chi connectivity index (χ4n) is 2.09. The number of imidazole rings is 1. The molecule has 0 bridgehead atoms. The zero-order chi connectivity index (χ0) is 16.9. The van der Waals surface area contributed by atoms with E-state index in [2.05, 4.69) is 15.0 Å². The van der Waals surface area contributed by atoms with E-state index in [-0.39, 0.29) is 24.7 Å². The summed E-state index contributed by atoms with van der Waals surface area (Å²) in [5.41, 5.74) is 0.392. The second-order valence-corrected chi connectivity index (χ2v) is 6.76. The molecule has 0 atom stereocenters. The first-order valence-electron chi connectivity index (χ1n) is 6.93. The van der Waals surface area contributed by atoms with E-state index in [1.165, 1.54) is 17.2 Å². The second kappa shape index (κ2) is 7.48. The molecule has 2 rings (SSSR count). The van der Waals surface area contributed by atoms with Crippen LogP contribution in [0.4, 0.5) is 0 Å². The predicted octanol–water partition coefficient (Wildman–Crippen LogP) is -0.487. The van der Waals surface area contributed by atoms with Crippen molar-refractivity contribution in [1.82, 2.24) is 24.4 Å². The van der Waals surface area contributed by atoms with Crippen LogP contribution in [0.3, 0.4) is 0 Å². The first-order chi connectivity index (χ1) is 10.9. The van der Waals surface area contributed by atoms with Crippen LogP contribution in [0.2, 0.25) is 0 Å². The van der Waals surface area contributed by atoms with Crippen molar-refractivity contribution in [3.63, 3.8) is 0 Å². The summed E-state index contributed by atoms with van der Waals surface area (Å²) < 4.78 is 12.4. The highest BCUT2D eigenvalue weighted by Gasteiger charge is 2.16. The Labute approximate surface area is 131 Å². The van der Waals surface area contributed by atoms with Gasteiger partial charge < -0.3 is 14.8 Å². The first-order valence-corrected chi connectivity index (χ1v) is 8.73. The molecule has 0 fully saturated rings. The number of aromatic amines is 1. The number of fused-ring (bicyclic) bond motifs is 1. The van der Waals surface area contributed by atoms with E-state index in [9.17, 15) is 9.36 Å². The molecule has 0 aliphatic rings. The molecule has 0 radical (unpaired) electrons. The third-order valence-corrected chi connectivity index (χ3v) is 4.10. The Morgan fingerprint density at radius 2 is 2.13 bits per heavy atom. The number of aromatic nitrogens is 4. The van der Waals surface area contributed by atoms with E-state index < -0.39 is 7.60 Å². The maximum absolute atomic E-state index is 12.2. The smallest absolute Gasteiger partial charge is 0.326 e. The number of nitrogens with zero attached hydrogens (tertiary/aromatic N) is 5. The van der Waals surface area contributed by atoms with Crippen LogP contribution in [0.25, 0.3) is 11.2 Å². The minimum Gasteiger partial charge on any atom is -0.339 e. The average molecular weight is 340 g/mol. The van der Waals surface area contributed by atoms with Crippen LogP contribution in [0.15, 0.2) is 17.4 Å². The van der Waals surface area contributed by atoms with E-state index in [0.29, 0.717) is 30.8 Å². The van der Waals surface area contributed by atoms with Gasteiger partial charge >= 0.3 is 7.60 Å². The fourth-order valence-corrected chi connectivity index (χ4v) is 2.63. The molecule has 3 N–H and O–H groups in total. The van der Waals surface area contributed by atoms with Crippen molar-refractivity contribution in [3.05, 3.63) is 23.0 Å². The standard InChI is InChI=1S/C12H17N6O4P/c13-2-1-3-17(6-7-23(20,21)22)4-5-18-9-16-11-10(12(18)19)14-8-15-11/h8-9H,1,3-7H2,(H,14,15)(H2,20,21,22). The summed E-state index contributed by atoms with van der Waals surface area (Å²) in [5, 5.41) is 8.66. The maximum atomic E-state index is 12.2. The van der Waals surface area contributed by atoms with Gasteiger partial charge in [-0.15, -0.1) is 0 Å². The summed E-state index contributed by atoms with van der Waals surface area (Å²) >= 11 is 0. The van der Waals surface area contributed by atoms with E-state index in [1.54, 1.807) is 4.90 Å². The summed E-state index contributed by atoms with van der Waals surface area (Å²) in [5.74, 6) is 0. The van der Waals surface area contributed by atoms with E-state index in [1.807, 2.05) is 6.07 Å². The van der Waals surface area contributed by atoms with Gasteiger partial charge in [-0.1, -0.05) is 0 Å². The molecule has 0 unspecified atom stereocenters. The fraction of sp³-hybridized carbons (Fsp3) is 0.500. The SMILES string of the molecule is N#CCCN(CCn1cnc2nc[nH]c2c1=O)CCP(=O)(O)O. The summed E-state index contributed by atoms with van der Waals surface area (Å²) in [4.78, 5) is 42.5. The molecule has 2 heterocycles. The van der Waals surface area contributed by atoms with Gasteiger partial charge in [0.05, 0.1) is 18.6 Å². The Bertz CT molecular complexity index is 804. The number of nitriles is 1. The van der Waals surface area contributed by atoms with E-state index in [0.717, 1.165) is 0 Å². The van der Waals surface area contributed by atoms with Crippen LogP contribution in [0, 0.1) is 11.3 Å². The van der Waals surface area contributed by atoms with Crippen molar-refractivity contribution in [1.29, 1.82) is 5.26 Å². The van der Waals surface area contributed by atoms with Crippen molar-refractivity contribution >= 4 is 18.8 Å². The second-order valence-electron chi connectivity index (χ2n) is 4.98. The molecule has 2 aromatic rings. The molecule has 10 nitrogen and oxygen atoms in total. The molecule has 0 saturated heterocycles. The summed E-state index contributed by atoms with van der Waals surface area (Å²) in [6.07, 6.45) is 2.73. The van der Waals surface area contributed by atoms with Crippen LogP contribution in [0.5, 0.6) is 0 Å². The molecule has 2 aromatic heterocycles. The highest BCUT2D eigenvalue weighted by atomic mass is 31.2. The third kappa shape index (κ3) is 4.97. The van der Waals surface area contributed by atoms with Gasteiger partial charge in [-0.25, -0.2) is 9.97 Å². The Kier molecular flexibility index (Phi) is 5.63. The molecule has 0 amide bonds. The summed E-state index contributed by atoms with van der Waals surface area (Å²) in [6.45, 7) is 1.21. The van der Waals surface area contributed by atoms with Gasteiger partial charge in [-0.05, 0) is 0 Å². The minimum absolute atomic E-state index is 0.153. The van der Waals surface area contributed by atoms with Gasteiger partial charge in [0, 0.05) is 32.6 Å². The molecule has 0 saturated carbocycles. The van der Waals surface area contributed by atoms with Gasteiger partial charge in [0.1, 0.15) is 6.33 Å². The third-order valence-electron chi connectivity index (χ3n) is 3.32. The molecule has 124 valence electrons. The lowest BCUT2D eigenvalue weighted by atomic mass is 10.4. The van der Waals surface area contributed by atoms with Crippen LogP contribution in [0.1, 0.15) is 6.42 Å². The highest BCUT2D eigenvalue weighted by Crippen LogP contribution is 2.33. The number of nitrogens with one attached hydrogen (secondary N) is 1. The Morgan fingerprint density at radius 1 is 1.35 bits per heavy atom. The van der Waals surface area contributed by atoms with Gasteiger partial charge in [0.2, 0.25) is 0 Å². The zero-order valence-corrected chi connectivity index (χ0v) is 13.2. The van der Waals surface area contributed by atoms with E-state index >= 15 is 0 Å². The van der Waals surface area contributed by atoms with Crippen LogP contribution in [-0.2, 0) is 11.1 Å². The molecule has 0 aromatic carbocycles. The molecule has 0 aliphatic carbocycles. The van der Waals surface area contributed by atoms with Gasteiger partial charge in [-0.2, -0.15) is 5.26 Å². The lowest BCUT2D eigenvalue weighted by Gasteiger charge is -2.21. The molecule has 11 heteroatoms. The van der Waals surface area contributed by atoms with Crippen molar-refractivity contribution < 1.29 is 14.4 Å². The van der Waals surface area contributed by atoms with Crippen molar-refractivity contribution in [2.75, 3.05) is 25.8 Å². The molecule has 23 heavy (non-hydrogen) atoms. The van der Waals surface area contributed by atoms with Gasteiger partial charge in [0.15, 0.2) is 11.2 Å². The predicted molar refractivity (Wildman–Crippen MR) is 81.7 cm³/mol. The average Bonchev–Trinajstić information content (AvgIpc) is 2.96. The normalized spacial score (nSPS) is 11.9. The van der Waals surface area contributed by atoms with Crippen LogP contribution >= 0.6 is 7.60 Å². The van der Waals surface area contributed by atoms with Crippen molar-refractivity contribution in [2.45, 2.75) is 13.0 Å². The van der Waals surface area contributed by atoms with Crippen LogP contribution in [-0.4, -0.2) is 60.0 Å². The highest BCUT2D eigenvalue weighted by molar-refractivity contribution is 7.51. The Hall–Kier alpha value is -2.05. The number of rotatable bonds is 8. The van der Waals surface area contributed by atoms with Gasteiger partial charge in [-0.3, -0.25) is 18.8 Å². The molecular formula is C12H17N6O4P. The molecular weight excluding hydrogens is 323 g/mol. The quantitative estimate of drug-likeness (QED) is 0.545. The van der Waals surface area contributed by atoms with Gasteiger partial charge in [0.25, 0.3) is 5.56 Å². The zero-order valence-electron chi connectivity index (χ0n) is 12.3. The monoisotopic (exact) mass is 340 g/mol. The molecule has 0 aliphatic heterocycles. The summed E-state index contributed by atoms with van der Waals surface area (Å²) in [6, 6.07) is 2.00. The lowest BCUT2D eigenvalue weighted by molar-refractivity contribution is 0.273. The van der Waals surface area contributed by atoms with E-state index in [4.69, 9.17) is 15.0 Å². The van der Waals surface area contributed by atoms with Crippen molar-refractivity contribution in [2.24, 2.45) is 0 Å². The maximum Gasteiger partial charge on any atom is 0.326 e. The number of hydrogen-bond donors (Lipinski definition) is 3. The Balaban J connectivity index is 2.03. The minimum atomic E-state index is -4.10. The number of hydrogen-bond acceptors (Lipinski definition) is 6. The summed E-state index contributed by atoms with van der Waals surface area (Å²) in [7, 11) is -4.10. The Morgan fingerprint density at radius 3 is 2.83 bits per heavy atom. The molecule has 0 spiro atoms. The lowest BCUT2D eigenvalue weighted by Crippen LogP contribution is -2.33. The largest absolute Gasteiger partial charge is 0.339 e. The van der Waals surface area contributed by atoms with Crippen LogP contribution < -0.4 is 5.56 Å². The first kappa shape index (κ1) is 17.3. The van der Waals surface area contributed by atoms with Crippen molar-refractivity contribution in [3.8, 4) is 6.07 Å².